The van der Waals surface area contributed by atoms with Crippen LogP contribution in [0.25, 0.3) is 11.3 Å². The number of ether oxygens (including phenoxy) is 2. The molecule has 1 atom stereocenters. The number of β-amino-alcohol motifs (C(OH)–C–C–N with tert-alkyl or cyclic N) is 1. The van der Waals surface area contributed by atoms with Crippen molar-refractivity contribution in [2.24, 2.45) is 0 Å². The van der Waals surface area contributed by atoms with Crippen molar-refractivity contribution in [3.05, 3.63) is 60.9 Å². The van der Waals surface area contributed by atoms with Crippen LogP contribution < -0.4 is 14.4 Å². The Balaban J connectivity index is 0.00000181. The number of nitrogens with zero attached hydrogens (tertiary/aromatic N) is 3. The summed E-state index contributed by atoms with van der Waals surface area (Å²) in [4.78, 5) is 4.59. The number of aliphatic hydroxyl groups excluding tert-OH is 1. The fourth-order valence-electron chi connectivity index (χ4n) is 3.75. The molecule has 1 aliphatic heterocycles. The number of methoxy groups -OCH3 is 1. The second-order valence-electron chi connectivity index (χ2n) is 7.31. The van der Waals surface area contributed by atoms with Gasteiger partial charge in [-0.15, -0.1) is 24.8 Å². The van der Waals surface area contributed by atoms with E-state index < -0.39 is 6.10 Å². The van der Waals surface area contributed by atoms with E-state index in [1.807, 2.05) is 42.5 Å². The van der Waals surface area contributed by atoms with Gasteiger partial charge in [-0.05, 0) is 24.3 Å². The lowest BCUT2D eigenvalue weighted by molar-refractivity contribution is 0.0664. The zero-order chi connectivity index (χ0) is 20.8. The van der Waals surface area contributed by atoms with Crippen LogP contribution in [0.4, 0.5) is 5.69 Å². The maximum atomic E-state index is 10.5. The number of halogens is 2. The first-order chi connectivity index (χ1) is 14.7. The van der Waals surface area contributed by atoms with Crippen LogP contribution in [0.15, 0.2) is 65.4 Å². The normalized spacial score (nSPS) is 14.8. The van der Waals surface area contributed by atoms with Gasteiger partial charge in [0.25, 0.3) is 0 Å². The number of benzene rings is 2. The summed E-state index contributed by atoms with van der Waals surface area (Å²) >= 11 is 0. The number of anilines is 1. The average molecular weight is 482 g/mol. The fourth-order valence-corrected chi connectivity index (χ4v) is 3.75. The van der Waals surface area contributed by atoms with Crippen LogP contribution in [0.2, 0.25) is 0 Å². The Hall–Kier alpha value is -2.45. The molecule has 0 aliphatic carbocycles. The molecule has 0 saturated carbocycles. The fraction of sp³-hybridized carbons (Fsp3) is 0.348. The van der Waals surface area contributed by atoms with Crippen LogP contribution in [0.5, 0.6) is 11.5 Å². The van der Waals surface area contributed by atoms with E-state index in [1.54, 1.807) is 13.2 Å². The number of rotatable bonds is 8. The summed E-state index contributed by atoms with van der Waals surface area (Å²) < 4.78 is 16.3. The van der Waals surface area contributed by atoms with Gasteiger partial charge in [-0.25, -0.2) is 0 Å². The maximum Gasteiger partial charge on any atom is 0.142 e. The van der Waals surface area contributed by atoms with E-state index in [9.17, 15) is 5.11 Å². The summed E-state index contributed by atoms with van der Waals surface area (Å²) in [6.07, 6.45) is 0.958. The van der Waals surface area contributed by atoms with E-state index in [4.69, 9.17) is 14.0 Å². The highest BCUT2D eigenvalue weighted by molar-refractivity contribution is 5.85. The second kappa shape index (κ2) is 12.6. The largest absolute Gasteiger partial charge is 0.495 e. The molecule has 2 heterocycles. The van der Waals surface area contributed by atoms with Gasteiger partial charge in [-0.1, -0.05) is 29.4 Å². The smallest absolute Gasteiger partial charge is 0.142 e. The third-order valence-corrected chi connectivity index (χ3v) is 5.30. The quantitative estimate of drug-likeness (QED) is 0.524. The summed E-state index contributed by atoms with van der Waals surface area (Å²) in [5.41, 5.74) is 2.68. The molecule has 1 unspecified atom stereocenters. The summed E-state index contributed by atoms with van der Waals surface area (Å²) in [5.74, 6) is 1.58. The monoisotopic (exact) mass is 481 g/mol. The Labute approximate surface area is 200 Å². The van der Waals surface area contributed by atoms with Crippen molar-refractivity contribution in [1.82, 2.24) is 10.1 Å². The van der Waals surface area contributed by atoms with Gasteiger partial charge < -0.3 is 24.0 Å². The lowest BCUT2D eigenvalue weighted by Gasteiger charge is -2.37. The number of hydrogen-bond donors (Lipinski definition) is 1. The van der Waals surface area contributed by atoms with Crippen LogP contribution in [0, 0.1) is 0 Å². The van der Waals surface area contributed by atoms with Gasteiger partial charge in [0.05, 0.1) is 12.8 Å². The predicted molar refractivity (Wildman–Crippen MR) is 130 cm³/mol. The number of hydrogen-bond acceptors (Lipinski definition) is 7. The van der Waals surface area contributed by atoms with Crippen molar-refractivity contribution in [2.75, 3.05) is 51.3 Å². The summed E-state index contributed by atoms with van der Waals surface area (Å²) in [6, 6.07) is 17.5. The number of aromatic nitrogens is 1. The van der Waals surface area contributed by atoms with Gasteiger partial charge >= 0.3 is 0 Å². The maximum absolute atomic E-state index is 10.5. The van der Waals surface area contributed by atoms with E-state index >= 15 is 0 Å². The molecular formula is C23H29Cl2N3O4. The zero-order valence-corrected chi connectivity index (χ0v) is 19.6. The SMILES string of the molecule is COc1ccccc1N1CCN(CC(O)COc2ccccc2-c2ccon2)CC1.Cl.Cl. The Morgan fingerprint density at radius 3 is 2.34 bits per heavy atom. The molecule has 1 saturated heterocycles. The van der Waals surface area contributed by atoms with Crippen molar-refractivity contribution >= 4 is 30.5 Å². The summed E-state index contributed by atoms with van der Waals surface area (Å²) in [6.45, 7) is 4.34. The number of aliphatic hydroxyl groups is 1. The predicted octanol–water partition coefficient (Wildman–Crippen LogP) is 3.76. The van der Waals surface area contributed by atoms with E-state index in [0.717, 1.165) is 43.2 Å². The topological polar surface area (TPSA) is 71.2 Å². The molecule has 0 spiro atoms. The highest BCUT2D eigenvalue weighted by Gasteiger charge is 2.21. The highest BCUT2D eigenvalue weighted by atomic mass is 35.5. The Morgan fingerprint density at radius 2 is 1.66 bits per heavy atom. The van der Waals surface area contributed by atoms with Gasteiger partial charge in [0.15, 0.2) is 0 Å². The summed E-state index contributed by atoms with van der Waals surface area (Å²) in [7, 11) is 1.70. The lowest BCUT2D eigenvalue weighted by Crippen LogP contribution is -2.49. The third-order valence-electron chi connectivity index (χ3n) is 5.30. The van der Waals surface area contributed by atoms with Gasteiger partial charge in [0.2, 0.25) is 0 Å². The first-order valence-electron chi connectivity index (χ1n) is 10.2. The Morgan fingerprint density at radius 1 is 0.969 bits per heavy atom. The molecule has 32 heavy (non-hydrogen) atoms. The minimum Gasteiger partial charge on any atom is -0.495 e. The Kier molecular flexibility index (Phi) is 10.1. The molecule has 1 fully saturated rings. The van der Waals surface area contributed by atoms with Crippen LogP contribution in [-0.4, -0.2) is 67.7 Å². The third kappa shape index (κ3) is 6.29. The van der Waals surface area contributed by atoms with Crippen molar-refractivity contribution in [1.29, 1.82) is 0 Å². The first kappa shape index (κ1) is 25.8. The van der Waals surface area contributed by atoms with Crippen molar-refractivity contribution in [2.45, 2.75) is 6.10 Å². The molecule has 3 aromatic rings. The first-order valence-corrected chi connectivity index (χ1v) is 10.2. The van der Waals surface area contributed by atoms with Crippen LogP contribution in [0.3, 0.4) is 0 Å². The van der Waals surface area contributed by atoms with E-state index in [-0.39, 0.29) is 31.4 Å². The van der Waals surface area contributed by atoms with Crippen molar-refractivity contribution in [3.8, 4) is 22.8 Å². The van der Waals surface area contributed by atoms with Gasteiger partial charge in [0, 0.05) is 44.4 Å². The van der Waals surface area contributed by atoms with Crippen molar-refractivity contribution < 1.29 is 19.1 Å². The molecule has 9 heteroatoms. The molecule has 2 aromatic carbocycles. The number of piperazine rings is 1. The molecule has 1 aromatic heterocycles. The molecule has 174 valence electrons. The highest BCUT2D eigenvalue weighted by Crippen LogP contribution is 2.29. The van der Waals surface area contributed by atoms with Crippen LogP contribution in [-0.2, 0) is 0 Å². The minimum atomic E-state index is -0.576. The molecule has 1 aliphatic rings. The Bertz CT molecular complexity index is 935. The van der Waals surface area contributed by atoms with Gasteiger partial charge in [0.1, 0.15) is 36.2 Å². The molecule has 0 bridgehead atoms. The standard InChI is InChI=1S/C23H27N3O4.2ClH/c1-28-23-9-5-3-7-21(23)26-13-11-25(12-14-26)16-18(27)17-29-22-8-4-2-6-19(22)20-10-15-30-24-20;;/h2-10,15,18,27H,11-14,16-17H2,1H3;2*1H. The molecule has 1 N–H and O–H groups in total. The second-order valence-corrected chi connectivity index (χ2v) is 7.31. The molecule has 4 rings (SSSR count). The van der Waals surface area contributed by atoms with E-state index in [1.165, 1.54) is 6.26 Å². The lowest BCUT2D eigenvalue weighted by atomic mass is 10.1. The summed E-state index contributed by atoms with van der Waals surface area (Å²) in [5, 5.41) is 14.5. The molecular weight excluding hydrogens is 453 g/mol. The average Bonchev–Trinajstić information content (AvgIpc) is 3.33. The van der Waals surface area contributed by atoms with Crippen molar-refractivity contribution in [3.63, 3.8) is 0 Å². The minimum absolute atomic E-state index is 0. The van der Waals surface area contributed by atoms with Gasteiger partial charge in [-0.2, -0.15) is 0 Å². The molecule has 7 nitrogen and oxygen atoms in total. The molecule has 0 radical (unpaired) electrons. The molecule has 0 amide bonds. The van der Waals surface area contributed by atoms with Gasteiger partial charge in [-0.3, -0.25) is 4.90 Å². The van der Waals surface area contributed by atoms with Crippen LogP contribution >= 0.6 is 24.8 Å². The van der Waals surface area contributed by atoms with E-state index in [2.05, 4.69) is 21.0 Å². The van der Waals surface area contributed by atoms with Crippen LogP contribution in [0.1, 0.15) is 0 Å². The zero-order valence-electron chi connectivity index (χ0n) is 17.9. The van der Waals surface area contributed by atoms with E-state index in [0.29, 0.717) is 18.0 Å². The number of para-hydroxylation sites is 3.